The molecule has 1 aromatic heterocycles. The Labute approximate surface area is 188 Å². The standard InChI is InChI=1S/C23H31N7O2/c1-23(2,3)32-22(31)28-18-8-6-5-7-15-13-16(9-10-17(15)18)20-26-14-27-21(30-20)29-19(24)11-12-25-4/h9-14,18,25H,5-8H2,1-4H3,(H,28,31)(H2,24,26,27,29,30)/b12-11-/t18-/m1/s1. The van der Waals surface area contributed by atoms with E-state index in [1.54, 1.807) is 19.3 Å². The molecule has 9 heteroatoms. The van der Waals surface area contributed by atoms with Gasteiger partial charge in [0.15, 0.2) is 5.82 Å². The van der Waals surface area contributed by atoms with E-state index < -0.39 is 11.7 Å². The van der Waals surface area contributed by atoms with Gasteiger partial charge in [-0.2, -0.15) is 4.98 Å². The lowest BCUT2D eigenvalue weighted by molar-refractivity contribution is 0.0501. The van der Waals surface area contributed by atoms with Gasteiger partial charge in [-0.3, -0.25) is 5.41 Å². The highest BCUT2D eigenvalue weighted by Gasteiger charge is 2.24. The van der Waals surface area contributed by atoms with Gasteiger partial charge in [-0.25, -0.2) is 14.8 Å². The molecular formula is C23H31N7O2. The number of hydrogen-bond donors (Lipinski definition) is 4. The zero-order valence-corrected chi connectivity index (χ0v) is 19.0. The Morgan fingerprint density at radius 2 is 2.06 bits per heavy atom. The fraction of sp³-hybridized carbons (Fsp3) is 0.435. The summed E-state index contributed by atoms with van der Waals surface area (Å²) in [6.07, 6.45) is 8.10. The summed E-state index contributed by atoms with van der Waals surface area (Å²) in [6, 6.07) is 5.98. The first-order valence-electron chi connectivity index (χ1n) is 10.8. The van der Waals surface area contributed by atoms with Crippen molar-refractivity contribution in [3.63, 3.8) is 0 Å². The molecule has 0 fully saturated rings. The first-order valence-corrected chi connectivity index (χ1v) is 10.8. The van der Waals surface area contributed by atoms with Crippen LogP contribution < -0.4 is 16.0 Å². The fourth-order valence-corrected chi connectivity index (χ4v) is 3.54. The van der Waals surface area contributed by atoms with Gasteiger partial charge in [0.1, 0.15) is 17.8 Å². The molecule has 0 saturated carbocycles. The molecule has 3 rings (SSSR count). The Morgan fingerprint density at radius 3 is 2.81 bits per heavy atom. The third-order valence-electron chi connectivity index (χ3n) is 4.89. The zero-order valence-electron chi connectivity index (χ0n) is 19.0. The average molecular weight is 438 g/mol. The number of fused-ring (bicyclic) bond motifs is 1. The maximum atomic E-state index is 12.3. The number of amidine groups is 1. The largest absolute Gasteiger partial charge is 0.444 e. The molecule has 4 N–H and O–H groups in total. The molecule has 1 aliphatic carbocycles. The van der Waals surface area contributed by atoms with Crippen LogP contribution in [0, 0.1) is 5.41 Å². The fourth-order valence-electron chi connectivity index (χ4n) is 3.54. The summed E-state index contributed by atoms with van der Waals surface area (Å²) in [5.41, 5.74) is 2.60. The van der Waals surface area contributed by atoms with E-state index in [4.69, 9.17) is 10.1 Å². The van der Waals surface area contributed by atoms with Crippen molar-refractivity contribution >= 4 is 17.9 Å². The van der Waals surface area contributed by atoms with Crippen molar-refractivity contribution < 1.29 is 9.53 Å². The molecule has 2 aromatic rings. The second kappa shape index (κ2) is 10.2. The summed E-state index contributed by atoms with van der Waals surface area (Å²) in [5, 5.41) is 16.6. The van der Waals surface area contributed by atoms with Gasteiger partial charge in [0.2, 0.25) is 5.95 Å². The van der Waals surface area contributed by atoms with Gasteiger partial charge in [-0.05, 0) is 69.5 Å². The second-order valence-corrected chi connectivity index (χ2v) is 8.65. The van der Waals surface area contributed by atoms with Gasteiger partial charge in [0.05, 0.1) is 6.04 Å². The van der Waals surface area contributed by atoms with Gasteiger partial charge in [-0.15, -0.1) is 0 Å². The van der Waals surface area contributed by atoms with Crippen LogP contribution in [-0.4, -0.2) is 39.5 Å². The van der Waals surface area contributed by atoms with Crippen LogP contribution in [0.3, 0.4) is 0 Å². The van der Waals surface area contributed by atoms with Crippen LogP contribution in [0.1, 0.15) is 57.2 Å². The molecule has 9 nitrogen and oxygen atoms in total. The number of anilines is 1. The molecule has 0 radical (unpaired) electrons. The number of nitrogens with zero attached hydrogens (tertiary/aromatic N) is 3. The lowest BCUT2D eigenvalue weighted by Crippen LogP contribution is -2.35. The quantitative estimate of drug-likeness (QED) is 0.317. The maximum absolute atomic E-state index is 12.3. The SMILES string of the molecule is CN/C=C\C(=N)Nc1ncnc(-c2ccc3c(c2)CCCC[C@H]3NC(=O)OC(C)(C)C)n1. The molecule has 0 bridgehead atoms. The van der Waals surface area contributed by atoms with Gasteiger partial charge >= 0.3 is 6.09 Å². The minimum Gasteiger partial charge on any atom is -0.444 e. The highest BCUT2D eigenvalue weighted by molar-refractivity contribution is 6.00. The summed E-state index contributed by atoms with van der Waals surface area (Å²) in [4.78, 5) is 25.2. The molecule has 1 atom stereocenters. The van der Waals surface area contributed by atoms with Crippen LogP contribution in [0.5, 0.6) is 0 Å². The van der Waals surface area contributed by atoms with Crippen molar-refractivity contribution in [1.29, 1.82) is 5.41 Å². The molecule has 0 saturated heterocycles. The monoisotopic (exact) mass is 437 g/mol. The Morgan fingerprint density at radius 1 is 1.25 bits per heavy atom. The molecule has 0 spiro atoms. The highest BCUT2D eigenvalue weighted by Crippen LogP contribution is 2.31. The van der Waals surface area contributed by atoms with Gasteiger partial charge < -0.3 is 20.7 Å². The van der Waals surface area contributed by atoms with Gasteiger partial charge in [0.25, 0.3) is 0 Å². The Kier molecular flexibility index (Phi) is 7.40. The zero-order chi connectivity index (χ0) is 23.1. The predicted octanol–water partition coefficient (Wildman–Crippen LogP) is 3.95. The van der Waals surface area contributed by atoms with Crippen molar-refractivity contribution in [1.82, 2.24) is 25.6 Å². The summed E-state index contributed by atoms with van der Waals surface area (Å²) >= 11 is 0. The predicted molar refractivity (Wildman–Crippen MR) is 124 cm³/mol. The molecule has 1 aromatic carbocycles. The molecule has 0 aliphatic heterocycles. The molecule has 0 unspecified atom stereocenters. The summed E-state index contributed by atoms with van der Waals surface area (Å²) in [5.74, 6) is 0.992. The number of ether oxygens (including phenoxy) is 1. The number of aromatic nitrogens is 3. The van der Waals surface area contributed by atoms with Crippen molar-refractivity contribution in [2.75, 3.05) is 12.4 Å². The smallest absolute Gasteiger partial charge is 0.408 e. The normalized spacial score (nSPS) is 16.1. The van der Waals surface area contributed by atoms with Crippen molar-refractivity contribution in [2.24, 2.45) is 0 Å². The number of carbonyl (C=O) groups is 1. The number of hydrogen-bond acceptors (Lipinski definition) is 7. The van der Waals surface area contributed by atoms with Crippen molar-refractivity contribution in [3.8, 4) is 11.4 Å². The van der Waals surface area contributed by atoms with E-state index >= 15 is 0 Å². The maximum Gasteiger partial charge on any atom is 0.408 e. The lowest BCUT2D eigenvalue weighted by Gasteiger charge is -2.24. The topological polar surface area (TPSA) is 125 Å². The Bertz CT molecular complexity index is 998. The van der Waals surface area contributed by atoms with Crippen LogP contribution >= 0.6 is 0 Å². The first-order chi connectivity index (χ1) is 15.2. The van der Waals surface area contributed by atoms with E-state index in [2.05, 4.69) is 37.0 Å². The van der Waals surface area contributed by atoms with Gasteiger partial charge in [0, 0.05) is 12.6 Å². The number of carbonyl (C=O) groups excluding carboxylic acids is 1. The molecule has 1 aliphatic rings. The Hall–Kier alpha value is -3.49. The van der Waals surface area contributed by atoms with Crippen molar-refractivity contribution in [3.05, 3.63) is 47.9 Å². The van der Waals surface area contributed by atoms with E-state index in [1.165, 1.54) is 11.9 Å². The van der Waals surface area contributed by atoms with E-state index in [1.807, 2.05) is 32.9 Å². The van der Waals surface area contributed by atoms with Gasteiger partial charge in [-0.1, -0.05) is 18.6 Å². The molecular weight excluding hydrogens is 406 g/mol. The van der Waals surface area contributed by atoms with Crippen LogP contribution in [0.4, 0.5) is 10.7 Å². The van der Waals surface area contributed by atoms with E-state index in [9.17, 15) is 4.79 Å². The number of amides is 1. The summed E-state index contributed by atoms with van der Waals surface area (Å²) in [6.45, 7) is 5.57. The Balaban J connectivity index is 1.81. The van der Waals surface area contributed by atoms with E-state index in [0.717, 1.165) is 36.8 Å². The number of aryl methyl sites for hydroxylation is 1. The number of benzene rings is 1. The van der Waals surface area contributed by atoms with Crippen molar-refractivity contribution in [2.45, 2.75) is 58.1 Å². The highest BCUT2D eigenvalue weighted by atomic mass is 16.6. The molecule has 1 heterocycles. The van der Waals surface area contributed by atoms with Crippen LogP contribution in [0.25, 0.3) is 11.4 Å². The minimum absolute atomic E-state index is 0.0913. The van der Waals surface area contributed by atoms with Crippen LogP contribution in [-0.2, 0) is 11.2 Å². The van der Waals surface area contributed by atoms with Crippen LogP contribution in [0.15, 0.2) is 36.8 Å². The first kappa shape index (κ1) is 23.2. The van der Waals surface area contributed by atoms with Crippen LogP contribution in [0.2, 0.25) is 0 Å². The number of alkyl carbamates (subject to hydrolysis) is 1. The molecule has 170 valence electrons. The third kappa shape index (κ3) is 6.50. The summed E-state index contributed by atoms with van der Waals surface area (Å²) < 4.78 is 5.45. The minimum atomic E-state index is -0.537. The second-order valence-electron chi connectivity index (χ2n) is 8.65. The number of nitrogens with one attached hydrogen (secondary N) is 4. The number of rotatable bonds is 5. The molecule has 32 heavy (non-hydrogen) atoms. The molecule has 1 amide bonds. The summed E-state index contributed by atoms with van der Waals surface area (Å²) in [7, 11) is 1.76. The van der Waals surface area contributed by atoms with E-state index in [0.29, 0.717) is 11.8 Å². The lowest BCUT2D eigenvalue weighted by atomic mass is 9.96. The van der Waals surface area contributed by atoms with E-state index in [-0.39, 0.29) is 11.9 Å². The third-order valence-corrected chi connectivity index (χ3v) is 4.89. The average Bonchev–Trinajstić information content (AvgIpc) is 2.92.